The van der Waals surface area contributed by atoms with Crippen LogP contribution in [0.5, 0.6) is 0 Å². The first kappa shape index (κ1) is 13.2. The molecule has 0 bridgehead atoms. The van der Waals surface area contributed by atoms with Crippen LogP contribution in [0.4, 0.5) is 0 Å². The summed E-state index contributed by atoms with van der Waals surface area (Å²) in [5.74, 6) is -2.24. The molecule has 0 aliphatic carbocycles. The van der Waals surface area contributed by atoms with Gasteiger partial charge in [0.2, 0.25) is 0 Å². The average molecular weight is 307 g/mol. The van der Waals surface area contributed by atoms with Crippen LogP contribution in [0, 0.1) is 0 Å². The van der Waals surface area contributed by atoms with Crippen LogP contribution in [0.2, 0.25) is 5.22 Å². The molecule has 3 heterocycles. The number of fused-ring (bicyclic) bond motifs is 1. The topological polar surface area (TPSA) is 105 Å². The molecule has 3 aromatic heterocycles. The minimum absolute atomic E-state index is 0.0623. The summed E-state index contributed by atoms with van der Waals surface area (Å²) in [6.07, 6.45) is 0. The Morgan fingerprint density at radius 3 is 2.48 bits per heavy atom. The molecule has 0 amide bonds. The molecule has 7 nitrogen and oxygen atoms in total. The van der Waals surface area contributed by atoms with Gasteiger partial charge >= 0.3 is 11.9 Å². The van der Waals surface area contributed by atoms with Crippen molar-refractivity contribution >= 4 is 29.1 Å². The smallest absolute Gasteiger partial charge is 0.356 e. The quantitative estimate of drug-likeness (QED) is 0.770. The van der Waals surface area contributed by atoms with Gasteiger partial charge in [-0.25, -0.2) is 14.6 Å². The number of rotatable bonds is 3. The Labute approximate surface area is 122 Å². The number of aromatic nitrogens is 2. The summed E-state index contributed by atoms with van der Waals surface area (Å²) in [4.78, 5) is 26.6. The van der Waals surface area contributed by atoms with Crippen molar-refractivity contribution in [2.75, 3.05) is 0 Å². The van der Waals surface area contributed by atoms with Crippen LogP contribution in [0.1, 0.15) is 21.0 Å². The molecular weight excluding hydrogens is 300 g/mol. The van der Waals surface area contributed by atoms with Gasteiger partial charge < -0.3 is 14.6 Å². The van der Waals surface area contributed by atoms with Gasteiger partial charge in [0.15, 0.2) is 22.5 Å². The minimum Gasteiger partial charge on any atom is -0.477 e. The molecule has 0 atom stereocenters. The first-order valence-corrected chi connectivity index (χ1v) is 6.10. The number of halogens is 1. The number of carbonyl (C=O) groups is 2. The Kier molecular flexibility index (Phi) is 2.91. The summed E-state index contributed by atoms with van der Waals surface area (Å²) in [6.45, 7) is 0. The molecule has 106 valence electrons. The molecule has 0 saturated heterocycles. The molecule has 0 unspecified atom stereocenters. The number of hydrogen-bond donors (Lipinski definition) is 2. The molecule has 0 aliphatic rings. The van der Waals surface area contributed by atoms with Crippen LogP contribution in [0.25, 0.3) is 17.1 Å². The van der Waals surface area contributed by atoms with Crippen molar-refractivity contribution in [2.45, 2.75) is 0 Å². The van der Waals surface area contributed by atoms with Crippen molar-refractivity contribution in [3.05, 3.63) is 46.9 Å². The van der Waals surface area contributed by atoms with Gasteiger partial charge in [0.1, 0.15) is 5.69 Å². The molecule has 0 aliphatic heterocycles. The molecule has 3 rings (SSSR count). The first-order chi connectivity index (χ1) is 9.99. The molecule has 21 heavy (non-hydrogen) atoms. The van der Waals surface area contributed by atoms with Crippen LogP contribution in [-0.2, 0) is 0 Å². The van der Waals surface area contributed by atoms with Crippen LogP contribution in [0.15, 0.2) is 34.7 Å². The molecule has 8 heteroatoms. The minimum atomic E-state index is -1.26. The maximum absolute atomic E-state index is 11.3. The monoisotopic (exact) mass is 306 g/mol. The van der Waals surface area contributed by atoms with E-state index in [0.717, 1.165) is 0 Å². The van der Waals surface area contributed by atoms with Gasteiger partial charge in [0.05, 0.1) is 5.52 Å². The molecule has 0 aromatic carbocycles. The second kappa shape index (κ2) is 4.64. The van der Waals surface area contributed by atoms with E-state index in [1.54, 1.807) is 0 Å². The van der Waals surface area contributed by atoms with Crippen molar-refractivity contribution in [3.8, 4) is 11.6 Å². The Balaban J connectivity index is 2.43. The second-order valence-corrected chi connectivity index (χ2v) is 4.50. The normalized spacial score (nSPS) is 10.9. The number of carboxylic acid groups (broad SMARTS) is 2. The zero-order valence-electron chi connectivity index (χ0n) is 10.3. The van der Waals surface area contributed by atoms with Gasteiger partial charge in [-0.1, -0.05) is 6.07 Å². The number of pyridine rings is 1. The van der Waals surface area contributed by atoms with E-state index in [1.807, 2.05) is 0 Å². The maximum Gasteiger partial charge on any atom is 0.356 e. The third kappa shape index (κ3) is 2.03. The third-order valence-corrected chi connectivity index (χ3v) is 3.08. The van der Waals surface area contributed by atoms with E-state index < -0.39 is 11.9 Å². The lowest BCUT2D eigenvalue weighted by Crippen LogP contribution is -2.06. The van der Waals surface area contributed by atoms with Crippen LogP contribution in [0.3, 0.4) is 0 Å². The number of hydrogen-bond acceptors (Lipinski definition) is 4. The average Bonchev–Trinajstić information content (AvgIpc) is 3.01. The van der Waals surface area contributed by atoms with Crippen molar-refractivity contribution in [1.82, 2.24) is 9.38 Å². The van der Waals surface area contributed by atoms with Crippen molar-refractivity contribution in [1.29, 1.82) is 0 Å². The number of imidazole rings is 1. The Bertz CT molecular complexity index is 880. The van der Waals surface area contributed by atoms with Crippen molar-refractivity contribution in [3.63, 3.8) is 0 Å². The third-order valence-electron chi connectivity index (χ3n) is 2.88. The lowest BCUT2D eigenvalue weighted by atomic mass is 10.3. The Hall–Kier alpha value is -2.80. The van der Waals surface area contributed by atoms with E-state index in [1.165, 1.54) is 34.7 Å². The summed E-state index contributed by atoms with van der Waals surface area (Å²) in [6, 6.07) is 7.21. The van der Waals surface area contributed by atoms with E-state index in [4.69, 9.17) is 16.0 Å². The number of carboxylic acids is 2. The van der Waals surface area contributed by atoms with E-state index in [0.29, 0.717) is 0 Å². The van der Waals surface area contributed by atoms with Crippen LogP contribution in [-0.4, -0.2) is 31.5 Å². The predicted octanol–water partition coefficient (Wildman–Crippen LogP) is 2.64. The summed E-state index contributed by atoms with van der Waals surface area (Å²) in [7, 11) is 0. The molecule has 0 radical (unpaired) electrons. The van der Waals surface area contributed by atoms with E-state index >= 15 is 0 Å². The highest BCUT2D eigenvalue weighted by atomic mass is 35.5. The largest absolute Gasteiger partial charge is 0.477 e. The zero-order valence-corrected chi connectivity index (χ0v) is 11.0. The van der Waals surface area contributed by atoms with E-state index in [2.05, 4.69) is 4.98 Å². The second-order valence-electron chi connectivity index (χ2n) is 4.13. The zero-order chi connectivity index (χ0) is 15.1. The fourth-order valence-corrected chi connectivity index (χ4v) is 2.21. The summed E-state index contributed by atoms with van der Waals surface area (Å²) in [5, 5.41) is 18.5. The molecule has 2 N–H and O–H groups in total. The predicted molar refractivity (Wildman–Crippen MR) is 71.8 cm³/mol. The number of furan rings is 1. The first-order valence-electron chi connectivity index (χ1n) is 5.73. The highest BCUT2D eigenvalue weighted by Crippen LogP contribution is 2.27. The van der Waals surface area contributed by atoms with Crippen molar-refractivity contribution in [2.24, 2.45) is 0 Å². The SMILES string of the molecule is O=C(O)c1nc(-c2ccc(Cl)o2)n2c(C(=O)O)cccc12. The van der Waals surface area contributed by atoms with Gasteiger partial charge in [-0.3, -0.25) is 4.40 Å². The fraction of sp³-hybridized carbons (Fsp3) is 0. The summed E-state index contributed by atoms with van der Waals surface area (Å²) < 4.78 is 6.41. The highest BCUT2D eigenvalue weighted by molar-refractivity contribution is 6.29. The number of aromatic carboxylic acids is 2. The highest BCUT2D eigenvalue weighted by Gasteiger charge is 2.23. The molecule has 0 fully saturated rings. The standard InChI is InChI=1S/C13H7ClN2O5/c14-9-5-4-8(21-9)11-15-10(13(19)20)6-2-1-3-7(12(17)18)16(6)11/h1-5H,(H,17,18)(H,19,20). The van der Waals surface area contributed by atoms with Gasteiger partial charge in [0, 0.05) is 0 Å². The van der Waals surface area contributed by atoms with E-state index in [9.17, 15) is 19.8 Å². The lowest BCUT2D eigenvalue weighted by Gasteiger charge is -2.03. The van der Waals surface area contributed by atoms with Crippen molar-refractivity contribution < 1.29 is 24.2 Å². The van der Waals surface area contributed by atoms with Crippen LogP contribution < -0.4 is 0 Å². The van der Waals surface area contributed by atoms with Crippen LogP contribution >= 0.6 is 11.6 Å². The number of nitrogens with zero attached hydrogens (tertiary/aromatic N) is 2. The molecule has 3 aromatic rings. The Morgan fingerprint density at radius 1 is 1.14 bits per heavy atom. The Morgan fingerprint density at radius 2 is 1.90 bits per heavy atom. The van der Waals surface area contributed by atoms with Gasteiger partial charge in [-0.15, -0.1) is 0 Å². The summed E-state index contributed by atoms with van der Waals surface area (Å²) >= 11 is 5.70. The molecule has 0 spiro atoms. The molecular formula is C13H7ClN2O5. The molecule has 0 saturated carbocycles. The van der Waals surface area contributed by atoms with E-state index in [-0.39, 0.29) is 33.7 Å². The van der Waals surface area contributed by atoms with Gasteiger partial charge in [0.25, 0.3) is 0 Å². The lowest BCUT2D eigenvalue weighted by molar-refractivity contribution is 0.0678. The van der Waals surface area contributed by atoms with Gasteiger partial charge in [-0.05, 0) is 35.9 Å². The van der Waals surface area contributed by atoms with Gasteiger partial charge in [-0.2, -0.15) is 0 Å². The fourth-order valence-electron chi connectivity index (χ4n) is 2.06. The maximum atomic E-state index is 11.3. The summed E-state index contributed by atoms with van der Waals surface area (Å²) in [5.41, 5.74) is -0.236.